The van der Waals surface area contributed by atoms with Crippen molar-refractivity contribution in [1.82, 2.24) is 9.97 Å². The summed E-state index contributed by atoms with van der Waals surface area (Å²) in [6, 6.07) is 19.1. The van der Waals surface area contributed by atoms with Crippen molar-refractivity contribution in [3.8, 4) is 22.9 Å². The number of ketones is 1. The summed E-state index contributed by atoms with van der Waals surface area (Å²) in [4.78, 5) is 21.9. The number of nitrogens with two attached hydrogens (primary N) is 1. The molecule has 0 unspecified atom stereocenters. The molecule has 4 aromatic rings. The first-order valence-electron chi connectivity index (χ1n) is 11.9. The van der Waals surface area contributed by atoms with Gasteiger partial charge in [-0.25, -0.2) is 18.4 Å². The highest BCUT2D eigenvalue weighted by atomic mass is 32.2. The number of carbonyl (C=O) groups is 1. The van der Waals surface area contributed by atoms with E-state index in [9.17, 15) is 13.2 Å². The van der Waals surface area contributed by atoms with Gasteiger partial charge >= 0.3 is 0 Å². The second-order valence-corrected chi connectivity index (χ2v) is 11.0. The van der Waals surface area contributed by atoms with Gasteiger partial charge in [0.2, 0.25) is 15.7 Å². The van der Waals surface area contributed by atoms with E-state index in [1.54, 1.807) is 19.2 Å². The average molecular weight is 532 g/mol. The fourth-order valence-corrected chi connectivity index (χ4v) is 5.41. The van der Waals surface area contributed by atoms with E-state index in [0.717, 1.165) is 27.8 Å². The lowest BCUT2D eigenvalue weighted by molar-refractivity contribution is 0.101. The Balaban J connectivity index is 1.78. The minimum absolute atomic E-state index is 0.0235. The molecule has 0 amide bonds. The number of carbonyl (C=O) groups excluding carboxylic acids is 1. The second kappa shape index (κ2) is 11.1. The first kappa shape index (κ1) is 27.0. The van der Waals surface area contributed by atoms with E-state index in [4.69, 9.17) is 15.2 Å². The molecule has 2 N–H and O–H groups in total. The molecular formula is C29H29N3O5S. The van der Waals surface area contributed by atoms with Crippen molar-refractivity contribution in [3.63, 3.8) is 0 Å². The van der Waals surface area contributed by atoms with Crippen molar-refractivity contribution in [3.05, 3.63) is 94.5 Å². The zero-order valence-electron chi connectivity index (χ0n) is 21.7. The predicted octanol–water partition coefficient (Wildman–Crippen LogP) is 5.25. The third-order valence-corrected chi connectivity index (χ3v) is 7.39. The number of hydrogen-bond acceptors (Lipinski definition) is 8. The summed E-state index contributed by atoms with van der Waals surface area (Å²) in [5.74, 6) is -0.845. The molecule has 0 saturated carbocycles. The van der Waals surface area contributed by atoms with Crippen LogP contribution < -0.4 is 10.5 Å². The molecular weight excluding hydrogens is 502 g/mol. The van der Waals surface area contributed by atoms with Crippen LogP contribution in [0.4, 0.5) is 5.82 Å². The summed E-state index contributed by atoms with van der Waals surface area (Å²) in [5, 5.41) is -0.266. The number of Topliss-reactive ketones (excluding diaryl/α,β-unsaturated/α-hetero) is 1. The van der Waals surface area contributed by atoms with Gasteiger partial charge in [-0.1, -0.05) is 42.0 Å². The van der Waals surface area contributed by atoms with Gasteiger partial charge < -0.3 is 15.2 Å². The molecule has 0 aliphatic rings. The van der Waals surface area contributed by atoms with Crippen molar-refractivity contribution in [2.24, 2.45) is 0 Å². The van der Waals surface area contributed by atoms with E-state index in [-0.39, 0.29) is 22.3 Å². The Morgan fingerprint density at radius 3 is 2.32 bits per heavy atom. The third-order valence-electron chi connectivity index (χ3n) is 5.88. The normalized spacial score (nSPS) is 11.4. The number of nitrogens with zero attached hydrogens (tertiary/aromatic N) is 2. The number of ether oxygens (including phenoxy) is 2. The van der Waals surface area contributed by atoms with Crippen LogP contribution >= 0.6 is 0 Å². The van der Waals surface area contributed by atoms with Gasteiger partial charge in [0.05, 0.1) is 17.9 Å². The molecule has 196 valence electrons. The smallest absolute Gasteiger partial charge is 0.230 e. The zero-order valence-corrected chi connectivity index (χ0v) is 22.5. The van der Waals surface area contributed by atoms with Gasteiger partial charge in [-0.2, -0.15) is 0 Å². The number of aryl methyl sites for hydroxylation is 3. The molecule has 2 heterocycles. The molecule has 0 fully saturated rings. The largest absolute Gasteiger partial charge is 0.438 e. The van der Waals surface area contributed by atoms with Crippen molar-refractivity contribution in [2.45, 2.75) is 32.4 Å². The molecule has 2 aromatic carbocycles. The van der Waals surface area contributed by atoms with E-state index in [2.05, 4.69) is 9.97 Å². The average Bonchev–Trinajstić information content (AvgIpc) is 2.86. The Labute approximate surface area is 222 Å². The van der Waals surface area contributed by atoms with Gasteiger partial charge in [-0.15, -0.1) is 0 Å². The number of pyridine rings is 2. The van der Waals surface area contributed by atoms with Gasteiger partial charge in [0.15, 0.2) is 10.8 Å². The minimum atomic E-state index is -4.05. The standard InChI is InChI=1S/C29H29N3O5S/c1-18-13-19(2)28(20(3)14-18)37-29-23(25(33)17-38(34,35)27-10-6-9-26(30)32-27)11-12-24(31-29)22-8-5-7-21(15-22)16-36-4/h5-15H,16-17H2,1-4H3,(H2,30,32). The molecule has 0 aliphatic heterocycles. The second-order valence-electron chi connectivity index (χ2n) is 9.10. The van der Waals surface area contributed by atoms with Crippen LogP contribution in [0.5, 0.6) is 11.6 Å². The van der Waals surface area contributed by atoms with Crippen molar-refractivity contribution < 1.29 is 22.7 Å². The zero-order chi connectivity index (χ0) is 27.4. The number of hydrogen-bond donors (Lipinski definition) is 1. The van der Waals surface area contributed by atoms with Crippen LogP contribution in [0.15, 0.2) is 71.8 Å². The maximum atomic E-state index is 13.4. The topological polar surface area (TPSA) is 121 Å². The van der Waals surface area contributed by atoms with Gasteiger partial charge in [-0.05, 0) is 67.8 Å². The fraction of sp³-hybridized carbons (Fsp3) is 0.207. The molecule has 9 heteroatoms. The van der Waals surface area contributed by atoms with Crippen LogP contribution in [0.25, 0.3) is 11.3 Å². The van der Waals surface area contributed by atoms with Gasteiger partial charge in [0.1, 0.15) is 17.3 Å². The molecule has 0 bridgehead atoms. The number of methoxy groups -OCH3 is 1. The summed E-state index contributed by atoms with van der Waals surface area (Å²) in [5.41, 5.74) is 10.8. The maximum absolute atomic E-state index is 13.4. The number of benzene rings is 2. The number of anilines is 1. The lowest BCUT2D eigenvalue weighted by atomic mass is 10.1. The molecule has 0 atom stereocenters. The van der Waals surface area contributed by atoms with Gasteiger partial charge in [0.25, 0.3) is 0 Å². The summed E-state index contributed by atoms with van der Waals surface area (Å²) < 4.78 is 37.4. The van der Waals surface area contributed by atoms with Crippen molar-refractivity contribution in [2.75, 3.05) is 18.6 Å². The maximum Gasteiger partial charge on any atom is 0.230 e. The Hall–Kier alpha value is -4.08. The molecule has 0 aliphatic carbocycles. The van der Waals surface area contributed by atoms with E-state index in [1.807, 2.05) is 57.2 Å². The molecule has 4 rings (SSSR count). The molecule has 2 aromatic heterocycles. The first-order chi connectivity index (χ1) is 18.1. The molecule has 0 spiro atoms. The number of sulfone groups is 1. The monoisotopic (exact) mass is 531 g/mol. The highest BCUT2D eigenvalue weighted by Crippen LogP contribution is 2.33. The van der Waals surface area contributed by atoms with Crippen LogP contribution in [0.2, 0.25) is 0 Å². The Bertz CT molecular complexity index is 1590. The van der Waals surface area contributed by atoms with E-state index >= 15 is 0 Å². The molecule has 8 nitrogen and oxygen atoms in total. The van der Waals surface area contributed by atoms with Crippen LogP contribution in [0.3, 0.4) is 0 Å². The van der Waals surface area contributed by atoms with Crippen LogP contribution in [-0.2, 0) is 21.2 Å². The van der Waals surface area contributed by atoms with Crippen molar-refractivity contribution in [1.29, 1.82) is 0 Å². The Kier molecular flexibility index (Phi) is 7.89. The first-order valence-corrected chi connectivity index (χ1v) is 13.6. The predicted molar refractivity (Wildman–Crippen MR) is 146 cm³/mol. The highest BCUT2D eigenvalue weighted by molar-refractivity contribution is 7.92. The molecule has 0 saturated heterocycles. The summed E-state index contributed by atoms with van der Waals surface area (Å²) in [7, 11) is -2.43. The third kappa shape index (κ3) is 6.07. The lowest BCUT2D eigenvalue weighted by Crippen LogP contribution is -2.19. The molecule has 0 radical (unpaired) electrons. The minimum Gasteiger partial charge on any atom is -0.438 e. The van der Waals surface area contributed by atoms with Crippen LogP contribution in [0, 0.1) is 20.8 Å². The van der Waals surface area contributed by atoms with Crippen molar-refractivity contribution >= 4 is 21.4 Å². The SMILES string of the molecule is COCc1cccc(-c2ccc(C(=O)CS(=O)(=O)c3cccc(N)n3)c(Oc3c(C)cc(C)cc3C)n2)c1. The molecule has 38 heavy (non-hydrogen) atoms. The van der Waals surface area contributed by atoms with E-state index in [0.29, 0.717) is 18.1 Å². The van der Waals surface area contributed by atoms with E-state index < -0.39 is 21.4 Å². The lowest BCUT2D eigenvalue weighted by Gasteiger charge is -2.16. The summed E-state index contributed by atoms with van der Waals surface area (Å²) in [6.45, 7) is 6.24. The van der Waals surface area contributed by atoms with E-state index in [1.165, 1.54) is 18.2 Å². The quantitative estimate of drug-likeness (QED) is 0.291. The van der Waals surface area contributed by atoms with Crippen LogP contribution in [-0.4, -0.2) is 37.0 Å². The number of nitrogen functional groups attached to an aromatic ring is 1. The summed E-state index contributed by atoms with van der Waals surface area (Å²) in [6.07, 6.45) is 0. The Morgan fingerprint density at radius 1 is 0.921 bits per heavy atom. The Morgan fingerprint density at radius 2 is 1.63 bits per heavy atom. The van der Waals surface area contributed by atoms with Gasteiger partial charge in [0, 0.05) is 12.7 Å². The number of rotatable bonds is 9. The summed E-state index contributed by atoms with van der Waals surface area (Å²) >= 11 is 0. The fourth-order valence-electron chi connectivity index (χ4n) is 4.23. The number of aromatic nitrogens is 2. The highest BCUT2D eigenvalue weighted by Gasteiger charge is 2.26. The van der Waals surface area contributed by atoms with Crippen LogP contribution in [0.1, 0.15) is 32.6 Å². The van der Waals surface area contributed by atoms with Gasteiger partial charge in [-0.3, -0.25) is 4.79 Å².